The molecule has 0 spiro atoms. The predicted molar refractivity (Wildman–Crippen MR) is 596 cm³/mol. The molecule has 0 aliphatic heterocycles. The molecule has 0 saturated carbocycles. The summed E-state index contributed by atoms with van der Waals surface area (Å²) in [5.41, 5.74) is 26.2. The van der Waals surface area contributed by atoms with Crippen molar-refractivity contribution in [2.24, 2.45) is 0 Å². The van der Waals surface area contributed by atoms with Crippen LogP contribution in [0.3, 0.4) is 0 Å². The fourth-order valence-corrected chi connectivity index (χ4v) is 22.5. The summed E-state index contributed by atoms with van der Waals surface area (Å²) in [6, 6.07) is 178. The van der Waals surface area contributed by atoms with Gasteiger partial charge in [0.25, 0.3) is 0 Å². The molecule has 8 heteroatoms. The molecule has 28 rings (SSSR count). The van der Waals surface area contributed by atoms with Crippen molar-refractivity contribution in [3.63, 3.8) is 0 Å². The first-order chi connectivity index (χ1) is 70.3. The van der Waals surface area contributed by atoms with Gasteiger partial charge in [0, 0.05) is 64.3 Å². The Morgan fingerprint density at radius 2 is 0.331 bits per heavy atom. The lowest BCUT2D eigenvalue weighted by Crippen LogP contribution is -2.00. The number of hydrogen-bond acceptors (Lipinski definition) is 8. The van der Waals surface area contributed by atoms with Gasteiger partial charge in [-0.25, -0.2) is 29.9 Å². The zero-order valence-corrected chi connectivity index (χ0v) is 77.7. The first-order valence-electron chi connectivity index (χ1n) is 48.1. The lowest BCUT2D eigenvalue weighted by molar-refractivity contribution is 0.669. The molecule has 4 aromatic heterocycles. The molecule has 0 amide bonds. The highest BCUT2D eigenvalue weighted by molar-refractivity contribution is 7.25. The standard InChI is InChI=1S/C67H41N3O.C67H41N3S/c1-3-15-42(16-4-1)65-68-66(43-17-5-2-6-18-43)70-67(69-65)61-36-35-51(52-23-7-11-27-56(52)61)50-31-34-60-59-33-30-49(40-63(59)71-64(60)41-50)47-22-14-20-45(38-47)44-19-13-21-46(37-44)48-29-32-58-55-26-9-8-24-53(55)54-25-10-12-28-57(54)62(58)39-48;1-3-15-42(16-4-1)65-68-66(43-17-5-2-6-18-43)70-67(69-65)61-30-14-28-52-51(27-13-29-56(52)61)50-33-36-60-59-35-32-49(40-63(59)71-64(60)41-50)47-22-12-20-45(38-47)44-19-11-21-46(37-44)48-31-34-58-55-25-8-7-23-53(55)54-24-9-10-26-57(54)62(58)39-48/h2*1-41H. The van der Waals surface area contributed by atoms with Crippen molar-refractivity contribution in [2.75, 3.05) is 0 Å². The lowest BCUT2D eigenvalue weighted by Gasteiger charge is -2.13. The van der Waals surface area contributed by atoms with E-state index in [2.05, 4.69) is 376 Å². The number of aromatic nitrogens is 6. The van der Waals surface area contributed by atoms with Crippen LogP contribution in [0.1, 0.15) is 0 Å². The molecule has 4 heterocycles. The van der Waals surface area contributed by atoms with E-state index in [1.54, 1.807) is 0 Å². The molecule has 0 unspecified atom stereocenters. The summed E-state index contributed by atoms with van der Waals surface area (Å²) in [6.07, 6.45) is 0. The quantitative estimate of drug-likeness (QED) is 0.100. The second-order valence-corrected chi connectivity index (χ2v) is 37.6. The minimum atomic E-state index is 0.631. The number of rotatable bonds is 14. The highest BCUT2D eigenvalue weighted by Crippen LogP contribution is 2.47. The third kappa shape index (κ3) is 14.9. The molecule has 7 nitrogen and oxygen atoms in total. The van der Waals surface area contributed by atoms with Gasteiger partial charge in [-0.2, -0.15) is 0 Å². The average molecular weight is 1820 g/mol. The minimum Gasteiger partial charge on any atom is -0.456 e. The van der Waals surface area contributed by atoms with Crippen LogP contribution >= 0.6 is 11.3 Å². The number of thiophene rings is 1. The van der Waals surface area contributed by atoms with Gasteiger partial charge in [-0.3, -0.25) is 0 Å². The summed E-state index contributed by atoms with van der Waals surface area (Å²) in [5, 5.41) is 24.6. The van der Waals surface area contributed by atoms with Crippen LogP contribution in [0.5, 0.6) is 0 Å². The van der Waals surface area contributed by atoms with E-state index < -0.39 is 0 Å². The number of nitrogens with zero attached hydrogens (tertiary/aromatic N) is 6. The van der Waals surface area contributed by atoms with E-state index in [0.29, 0.717) is 34.9 Å². The maximum atomic E-state index is 6.73. The van der Waals surface area contributed by atoms with Gasteiger partial charge in [0.05, 0.1) is 0 Å². The number of benzene rings is 24. The summed E-state index contributed by atoms with van der Waals surface area (Å²) in [5.74, 6) is 3.87. The highest BCUT2D eigenvalue weighted by Gasteiger charge is 2.23. The van der Waals surface area contributed by atoms with E-state index in [4.69, 9.17) is 34.3 Å². The summed E-state index contributed by atoms with van der Waals surface area (Å²) in [7, 11) is 0. The van der Waals surface area contributed by atoms with Crippen molar-refractivity contribution < 1.29 is 4.42 Å². The second kappa shape index (κ2) is 34.9. The highest BCUT2D eigenvalue weighted by atomic mass is 32.1. The van der Waals surface area contributed by atoms with Gasteiger partial charge in [-0.05, 0) is 254 Å². The third-order valence-electron chi connectivity index (χ3n) is 28.2. The monoisotopic (exact) mass is 1820 g/mol. The molecule has 0 aliphatic rings. The second-order valence-electron chi connectivity index (χ2n) is 36.6. The van der Waals surface area contributed by atoms with Crippen LogP contribution in [-0.2, 0) is 0 Å². The van der Waals surface area contributed by atoms with Crippen LogP contribution < -0.4 is 0 Å². The zero-order chi connectivity index (χ0) is 93.7. The molecule has 0 aliphatic carbocycles. The molecule has 0 atom stereocenters. The van der Waals surface area contributed by atoms with Crippen LogP contribution in [0.25, 0.3) is 286 Å². The fraction of sp³-hybridized carbons (Fsp3) is 0. The topological polar surface area (TPSA) is 90.5 Å². The Morgan fingerprint density at radius 3 is 0.697 bits per heavy atom. The van der Waals surface area contributed by atoms with E-state index in [0.717, 1.165) is 105 Å². The molecule has 28 aromatic rings. The normalized spacial score (nSPS) is 11.7. The van der Waals surface area contributed by atoms with Crippen molar-refractivity contribution in [3.8, 4) is 157 Å². The fourth-order valence-electron chi connectivity index (χ4n) is 21.3. The van der Waals surface area contributed by atoms with Gasteiger partial charge < -0.3 is 4.42 Å². The maximum absolute atomic E-state index is 6.73. The molecule has 24 aromatic carbocycles. The van der Waals surface area contributed by atoms with Gasteiger partial charge in [0.2, 0.25) is 0 Å². The van der Waals surface area contributed by atoms with E-state index in [-0.39, 0.29) is 0 Å². The molecule has 0 saturated heterocycles. The molecule has 0 radical (unpaired) electrons. The smallest absolute Gasteiger partial charge is 0.164 e. The Hall–Kier alpha value is -18.6. The van der Waals surface area contributed by atoms with Gasteiger partial charge in [0.1, 0.15) is 11.2 Å². The van der Waals surface area contributed by atoms with Gasteiger partial charge in [0.15, 0.2) is 34.9 Å². The minimum absolute atomic E-state index is 0.631. The first kappa shape index (κ1) is 82.8. The molecule has 0 fully saturated rings. The third-order valence-corrected chi connectivity index (χ3v) is 29.3. The Kier molecular flexibility index (Phi) is 20.3. The van der Waals surface area contributed by atoms with E-state index in [9.17, 15) is 0 Å². The van der Waals surface area contributed by atoms with Gasteiger partial charge in [-0.1, -0.05) is 419 Å². The maximum Gasteiger partial charge on any atom is 0.164 e. The predicted octanol–water partition coefficient (Wildman–Crippen LogP) is 36.6. The summed E-state index contributed by atoms with van der Waals surface area (Å²) >= 11 is 1.86. The number of fused-ring (bicyclic) bond motifs is 20. The van der Waals surface area contributed by atoms with Crippen LogP contribution in [0.2, 0.25) is 0 Å². The van der Waals surface area contributed by atoms with Crippen molar-refractivity contribution in [1.29, 1.82) is 0 Å². The molecular formula is C134H82N6OS. The lowest BCUT2D eigenvalue weighted by atomic mass is 9.91. The van der Waals surface area contributed by atoms with E-state index >= 15 is 0 Å². The Bertz CT molecular complexity index is 9240. The SMILES string of the molecule is c1ccc(-c2nc(-c3ccccc3)nc(-c3ccc(-c4ccc5c(c4)oc4cc(-c6cccc(-c7cccc(-c8ccc9c%10ccccc%10c%10ccccc%10c9c8)c7)c6)ccc45)c4ccccc34)n2)cc1.c1ccc(-c2nc(-c3ccccc3)nc(-c3cccc4c(-c5ccc6c(c5)sc5cc(-c7cccc(-c8cccc(-c9ccc%10c%11ccccc%11c%11ccccc%11c%10c9)c8)c7)ccc56)cccc34)n2)cc1. The van der Waals surface area contributed by atoms with Crippen LogP contribution in [-0.4, -0.2) is 29.9 Å². The van der Waals surface area contributed by atoms with Crippen molar-refractivity contribution in [3.05, 3.63) is 497 Å². The van der Waals surface area contributed by atoms with Gasteiger partial charge >= 0.3 is 0 Å². The molecule has 660 valence electrons. The summed E-state index contributed by atoms with van der Waals surface area (Å²) in [4.78, 5) is 30.2. The molecule has 0 N–H and O–H groups in total. The van der Waals surface area contributed by atoms with Crippen LogP contribution in [0, 0.1) is 0 Å². The molecule has 142 heavy (non-hydrogen) atoms. The first-order valence-corrected chi connectivity index (χ1v) is 49.0. The molecular weight excluding hydrogens is 1740 g/mol. The number of furan rings is 1. The van der Waals surface area contributed by atoms with Crippen molar-refractivity contribution in [2.45, 2.75) is 0 Å². The van der Waals surface area contributed by atoms with Gasteiger partial charge in [-0.15, -0.1) is 11.3 Å². The zero-order valence-electron chi connectivity index (χ0n) is 76.8. The average Bonchev–Trinajstić information content (AvgIpc) is 1.18. The van der Waals surface area contributed by atoms with Crippen LogP contribution in [0.4, 0.5) is 0 Å². The Labute approximate surface area is 822 Å². The Balaban J connectivity index is 0.000000142. The van der Waals surface area contributed by atoms with E-state index in [1.165, 1.54) is 146 Å². The van der Waals surface area contributed by atoms with Crippen molar-refractivity contribution >= 4 is 140 Å². The van der Waals surface area contributed by atoms with Crippen LogP contribution in [0.15, 0.2) is 502 Å². The van der Waals surface area contributed by atoms with Crippen molar-refractivity contribution in [1.82, 2.24) is 29.9 Å². The Morgan fingerprint density at radius 1 is 0.120 bits per heavy atom. The number of hydrogen-bond donors (Lipinski definition) is 0. The largest absolute Gasteiger partial charge is 0.456 e. The summed E-state index contributed by atoms with van der Waals surface area (Å²) < 4.78 is 9.27. The molecule has 0 bridgehead atoms. The summed E-state index contributed by atoms with van der Waals surface area (Å²) in [6.45, 7) is 0. The van der Waals surface area contributed by atoms with E-state index in [1.807, 2.05) is 133 Å².